The molecule has 0 bridgehead atoms. The van der Waals surface area contributed by atoms with Crippen LogP contribution >= 0.6 is 0 Å². The van der Waals surface area contributed by atoms with Gasteiger partial charge in [-0.1, -0.05) is 127 Å². The van der Waals surface area contributed by atoms with Gasteiger partial charge in [0.15, 0.2) is 0 Å². The molecule has 2 aliphatic rings. The molecule has 9 rings (SSSR count). The number of hydrogen-bond acceptors (Lipinski definition) is 1. The van der Waals surface area contributed by atoms with E-state index in [1.807, 2.05) is 0 Å². The molecule has 0 aliphatic carbocycles. The predicted molar refractivity (Wildman–Crippen MR) is 163 cm³/mol. The van der Waals surface area contributed by atoms with Crippen molar-refractivity contribution in [2.24, 2.45) is 0 Å². The van der Waals surface area contributed by atoms with Crippen LogP contribution in [0, 0.1) is 0 Å². The minimum atomic E-state index is 0.112. The van der Waals surface area contributed by atoms with E-state index in [2.05, 4.69) is 138 Å². The second-order valence-corrected chi connectivity index (χ2v) is 10.4. The molecule has 0 spiro atoms. The molecule has 38 heavy (non-hydrogen) atoms. The Labute approximate surface area is 221 Å². The summed E-state index contributed by atoms with van der Waals surface area (Å²) in [6.45, 7) is 0.112. The number of para-hydroxylation sites is 1. The van der Waals surface area contributed by atoms with Crippen molar-refractivity contribution in [2.75, 3.05) is 4.81 Å². The van der Waals surface area contributed by atoms with Gasteiger partial charge >= 0.3 is 6.85 Å². The van der Waals surface area contributed by atoms with E-state index in [0.29, 0.717) is 0 Å². The Kier molecular flexibility index (Phi) is 3.93. The number of rotatable bonds is 0. The molecule has 0 N–H and O–H groups in total. The lowest BCUT2D eigenvalue weighted by Crippen LogP contribution is -2.59. The molecule has 0 radical (unpaired) electrons. The molecule has 7 aromatic carbocycles. The van der Waals surface area contributed by atoms with Crippen molar-refractivity contribution < 1.29 is 0 Å². The highest BCUT2D eigenvalue weighted by atomic mass is 15.1. The first kappa shape index (κ1) is 20.3. The van der Waals surface area contributed by atoms with Crippen molar-refractivity contribution in [3.8, 4) is 22.3 Å². The van der Waals surface area contributed by atoms with Gasteiger partial charge in [0.2, 0.25) is 0 Å². The fourth-order valence-electron chi connectivity index (χ4n) is 7.15. The summed E-state index contributed by atoms with van der Waals surface area (Å²) in [6.07, 6.45) is 0. The van der Waals surface area contributed by atoms with Crippen LogP contribution in [0.5, 0.6) is 0 Å². The number of hydrogen-bond donors (Lipinski definition) is 0. The van der Waals surface area contributed by atoms with Gasteiger partial charge in [-0.3, -0.25) is 0 Å². The van der Waals surface area contributed by atoms with Crippen LogP contribution in [0.25, 0.3) is 54.6 Å². The van der Waals surface area contributed by atoms with Gasteiger partial charge in [-0.25, -0.2) is 0 Å². The van der Waals surface area contributed by atoms with Crippen molar-refractivity contribution in [1.29, 1.82) is 0 Å². The van der Waals surface area contributed by atoms with Crippen molar-refractivity contribution >= 4 is 61.5 Å². The summed E-state index contributed by atoms with van der Waals surface area (Å²) in [5.74, 6) is 0. The molecule has 1 nitrogen and oxygen atoms in total. The molecule has 0 amide bonds. The lowest BCUT2D eigenvalue weighted by molar-refractivity contribution is 1.37. The van der Waals surface area contributed by atoms with Gasteiger partial charge in [0.05, 0.1) is 0 Å². The van der Waals surface area contributed by atoms with Crippen LogP contribution in [0.15, 0.2) is 133 Å². The van der Waals surface area contributed by atoms with E-state index in [1.165, 1.54) is 76.9 Å². The largest absolute Gasteiger partial charge is 0.375 e. The fraction of sp³-hybridized carbons (Fsp3) is 0. The van der Waals surface area contributed by atoms with Gasteiger partial charge in [0, 0.05) is 27.9 Å². The van der Waals surface area contributed by atoms with Crippen molar-refractivity contribution in [3.63, 3.8) is 0 Å². The van der Waals surface area contributed by atoms with E-state index >= 15 is 0 Å². The summed E-state index contributed by atoms with van der Waals surface area (Å²) in [7, 11) is 0. The van der Waals surface area contributed by atoms with Gasteiger partial charge in [-0.2, -0.15) is 0 Å². The van der Waals surface area contributed by atoms with Crippen LogP contribution in [0.3, 0.4) is 0 Å². The van der Waals surface area contributed by atoms with Crippen molar-refractivity contribution in [2.45, 2.75) is 0 Å². The SMILES string of the molecule is c1ccc2c(c1)B1c3ccccc3-c3ccc4c5ccccc5c5ccccc5c4c3N1c1ccccc1-2. The van der Waals surface area contributed by atoms with E-state index in [9.17, 15) is 0 Å². The van der Waals surface area contributed by atoms with Gasteiger partial charge in [-0.05, 0) is 55.0 Å². The normalized spacial score (nSPS) is 13.2. The highest BCUT2D eigenvalue weighted by Crippen LogP contribution is 2.51. The van der Waals surface area contributed by atoms with Crippen LogP contribution in [0.2, 0.25) is 0 Å². The van der Waals surface area contributed by atoms with Crippen LogP contribution < -0.4 is 15.7 Å². The van der Waals surface area contributed by atoms with E-state index in [1.54, 1.807) is 0 Å². The third kappa shape index (κ3) is 2.47. The van der Waals surface area contributed by atoms with E-state index in [-0.39, 0.29) is 6.85 Å². The monoisotopic (exact) mass is 479 g/mol. The van der Waals surface area contributed by atoms with Crippen LogP contribution in [-0.4, -0.2) is 6.85 Å². The second-order valence-electron chi connectivity index (χ2n) is 10.4. The number of anilines is 2. The summed E-state index contributed by atoms with van der Waals surface area (Å²) < 4.78 is 0. The third-order valence-electron chi connectivity index (χ3n) is 8.64. The molecule has 0 fully saturated rings. The minimum Gasteiger partial charge on any atom is -0.375 e. The molecule has 2 heteroatoms. The average Bonchev–Trinajstić information content (AvgIpc) is 3.00. The average molecular weight is 479 g/mol. The summed E-state index contributed by atoms with van der Waals surface area (Å²) in [5.41, 5.74) is 10.6. The smallest absolute Gasteiger partial charge is 0.329 e. The summed E-state index contributed by atoms with van der Waals surface area (Å²) in [4.78, 5) is 2.64. The standard InChI is InChI=1S/C36H22BN/c1-2-13-25-23(11-1)24-12-3-4-17-29(24)35-30(25)21-22-31-27-15-6-9-19-33(27)37-32-18-8-5-14-26(32)28-16-7-10-20-34(28)38(37)36(31)35/h1-22H. The van der Waals surface area contributed by atoms with Gasteiger partial charge in [-0.15, -0.1) is 0 Å². The number of benzene rings is 7. The first-order chi connectivity index (χ1) is 18.9. The maximum absolute atomic E-state index is 2.64. The molecule has 0 atom stereocenters. The van der Waals surface area contributed by atoms with Crippen molar-refractivity contribution in [3.05, 3.63) is 133 Å². The van der Waals surface area contributed by atoms with E-state index in [0.717, 1.165) is 0 Å². The summed E-state index contributed by atoms with van der Waals surface area (Å²) in [6, 6.07) is 49.4. The molecule has 7 aromatic rings. The fourth-order valence-corrected chi connectivity index (χ4v) is 7.15. The topological polar surface area (TPSA) is 3.24 Å². The molecular formula is C36H22BN. The second kappa shape index (κ2) is 7.37. The van der Waals surface area contributed by atoms with Crippen molar-refractivity contribution in [1.82, 2.24) is 0 Å². The third-order valence-corrected chi connectivity index (χ3v) is 8.64. The summed E-state index contributed by atoms with van der Waals surface area (Å²) in [5, 5.41) is 7.90. The lowest BCUT2D eigenvalue weighted by atomic mass is 9.43. The zero-order chi connectivity index (χ0) is 24.8. The zero-order valence-corrected chi connectivity index (χ0v) is 20.7. The maximum Gasteiger partial charge on any atom is 0.329 e. The molecule has 2 heterocycles. The number of nitrogens with zero attached hydrogens (tertiary/aromatic N) is 1. The van der Waals surface area contributed by atoms with Gasteiger partial charge in [0.25, 0.3) is 0 Å². The highest BCUT2D eigenvalue weighted by molar-refractivity contribution is 6.92. The Morgan fingerprint density at radius 2 is 0.842 bits per heavy atom. The Morgan fingerprint density at radius 1 is 0.368 bits per heavy atom. The summed E-state index contributed by atoms with van der Waals surface area (Å²) >= 11 is 0. The zero-order valence-electron chi connectivity index (χ0n) is 20.7. The van der Waals surface area contributed by atoms with Crippen LogP contribution in [-0.2, 0) is 0 Å². The quantitative estimate of drug-likeness (QED) is 0.157. The molecule has 0 saturated carbocycles. The van der Waals surface area contributed by atoms with E-state index in [4.69, 9.17) is 0 Å². The first-order valence-electron chi connectivity index (χ1n) is 13.3. The Hall–Kier alpha value is -4.82. The first-order valence-corrected chi connectivity index (χ1v) is 13.3. The van der Waals surface area contributed by atoms with Gasteiger partial charge in [0.1, 0.15) is 0 Å². The molecular weight excluding hydrogens is 457 g/mol. The lowest BCUT2D eigenvalue weighted by Gasteiger charge is -2.44. The van der Waals surface area contributed by atoms with E-state index < -0.39 is 0 Å². The Morgan fingerprint density at radius 3 is 1.53 bits per heavy atom. The van der Waals surface area contributed by atoms with Crippen LogP contribution in [0.1, 0.15) is 0 Å². The minimum absolute atomic E-state index is 0.112. The maximum atomic E-state index is 2.64. The highest BCUT2D eigenvalue weighted by Gasteiger charge is 2.42. The molecule has 0 unspecified atom stereocenters. The molecule has 2 aliphatic heterocycles. The molecule has 174 valence electrons. The Balaban J connectivity index is 1.54. The number of fused-ring (bicyclic) bond motifs is 18. The molecule has 0 aromatic heterocycles. The predicted octanol–water partition coefficient (Wildman–Crippen LogP) is 8.05. The van der Waals surface area contributed by atoms with Crippen LogP contribution in [0.4, 0.5) is 11.4 Å². The molecule has 0 saturated heterocycles. The Bertz CT molecular complexity index is 2070. The van der Waals surface area contributed by atoms with Gasteiger partial charge < -0.3 is 4.81 Å².